The number of nitrogens with zero attached hydrogens (tertiary/aromatic N) is 2. The minimum atomic E-state index is 0.729. The van der Waals surface area contributed by atoms with Crippen LogP contribution in [0.3, 0.4) is 0 Å². The quantitative estimate of drug-likeness (QED) is 0.373. The maximum atomic E-state index is 5.04. The fourth-order valence-corrected chi connectivity index (χ4v) is 4.08. The molecule has 0 spiro atoms. The average molecular weight is 371 g/mol. The van der Waals surface area contributed by atoms with Crippen LogP contribution in [0.2, 0.25) is 0 Å². The number of benzene rings is 4. The van der Waals surface area contributed by atoms with Crippen molar-refractivity contribution in [2.45, 2.75) is 0 Å². The fraction of sp³-hybridized carbons (Fsp3) is 0. The summed E-state index contributed by atoms with van der Waals surface area (Å²) >= 11 is 0. The van der Waals surface area contributed by atoms with Gasteiger partial charge in [-0.25, -0.2) is 9.97 Å². The molecule has 0 atom stereocenters. The number of aromatic nitrogens is 3. The lowest BCUT2D eigenvalue weighted by molar-refractivity contribution is 1.21. The Kier molecular flexibility index (Phi) is 3.47. The van der Waals surface area contributed by atoms with Crippen LogP contribution in [0.5, 0.6) is 0 Å². The molecule has 0 bridgehead atoms. The van der Waals surface area contributed by atoms with Crippen molar-refractivity contribution in [2.24, 2.45) is 0 Å². The molecular weight excluding hydrogens is 354 g/mol. The van der Waals surface area contributed by atoms with E-state index in [0.29, 0.717) is 0 Å². The summed E-state index contributed by atoms with van der Waals surface area (Å²) in [6.07, 6.45) is 0. The molecule has 0 radical (unpaired) electrons. The van der Waals surface area contributed by atoms with Crippen LogP contribution < -0.4 is 0 Å². The Labute approximate surface area is 167 Å². The van der Waals surface area contributed by atoms with Crippen LogP contribution in [0.4, 0.5) is 0 Å². The van der Waals surface area contributed by atoms with Gasteiger partial charge in [-0.1, -0.05) is 91.0 Å². The van der Waals surface area contributed by atoms with E-state index in [-0.39, 0.29) is 0 Å². The number of aromatic amines is 1. The van der Waals surface area contributed by atoms with Crippen molar-refractivity contribution < 1.29 is 0 Å². The van der Waals surface area contributed by atoms with Crippen molar-refractivity contribution >= 4 is 32.7 Å². The third-order valence-corrected chi connectivity index (χ3v) is 5.42. The zero-order valence-electron chi connectivity index (χ0n) is 15.6. The summed E-state index contributed by atoms with van der Waals surface area (Å²) in [5.41, 5.74) is 5.00. The topological polar surface area (TPSA) is 41.6 Å². The molecule has 0 fully saturated rings. The molecule has 6 aromatic rings. The third kappa shape index (κ3) is 2.52. The minimum absolute atomic E-state index is 0.729. The number of nitrogens with one attached hydrogen (secondary N) is 1. The van der Waals surface area contributed by atoms with Crippen LogP contribution in [-0.2, 0) is 0 Å². The van der Waals surface area contributed by atoms with Crippen LogP contribution in [0.15, 0.2) is 97.1 Å². The molecule has 4 aromatic carbocycles. The van der Waals surface area contributed by atoms with Gasteiger partial charge >= 0.3 is 0 Å². The van der Waals surface area contributed by atoms with Crippen LogP contribution in [0.1, 0.15) is 0 Å². The van der Waals surface area contributed by atoms with E-state index >= 15 is 0 Å². The molecule has 0 aliphatic carbocycles. The summed E-state index contributed by atoms with van der Waals surface area (Å²) in [6, 6.07) is 33.3. The first-order valence-electron chi connectivity index (χ1n) is 9.70. The molecule has 2 aromatic heterocycles. The standard InChI is InChI=1S/C26H17N3/c1-3-10-18(11-4-1)24-23-22-20-14-8-7-9-17(20)15-16-21(22)27-26(23)29-25(28-24)19-12-5-2-6-13-19/h1-16H,(H,27,28,29). The largest absolute Gasteiger partial charge is 0.339 e. The lowest BCUT2D eigenvalue weighted by Gasteiger charge is -2.08. The first-order valence-corrected chi connectivity index (χ1v) is 9.70. The van der Waals surface area contributed by atoms with Gasteiger partial charge in [-0.3, -0.25) is 0 Å². The van der Waals surface area contributed by atoms with Gasteiger partial charge in [0.15, 0.2) is 5.82 Å². The fourth-order valence-electron chi connectivity index (χ4n) is 4.08. The maximum absolute atomic E-state index is 5.04. The SMILES string of the molecule is c1ccc(-c2nc(-c3ccccc3)c3c(n2)[nH]c2ccc4ccccc4c23)cc1. The van der Waals surface area contributed by atoms with Gasteiger partial charge in [-0.15, -0.1) is 0 Å². The number of fused-ring (bicyclic) bond motifs is 5. The molecule has 0 aliphatic rings. The van der Waals surface area contributed by atoms with Gasteiger partial charge in [0.05, 0.1) is 11.1 Å². The predicted octanol–water partition coefficient (Wildman–Crippen LogP) is 6.60. The van der Waals surface area contributed by atoms with Crippen molar-refractivity contribution in [3.8, 4) is 22.6 Å². The second-order valence-corrected chi connectivity index (χ2v) is 7.19. The van der Waals surface area contributed by atoms with Crippen molar-refractivity contribution in [2.75, 3.05) is 0 Å². The first-order chi connectivity index (χ1) is 14.4. The van der Waals surface area contributed by atoms with Crippen molar-refractivity contribution in [3.63, 3.8) is 0 Å². The Hall–Kier alpha value is -3.98. The summed E-state index contributed by atoms with van der Waals surface area (Å²) in [5, 5.41) is 4.68. The van der Waals surface area contributed by atoms with E-state index in [0.717, 1.165) is 39.2 Å². The van der Waals surface area contributed by atoms with Crippen LogP contribution in [0, 0.1) is 0 Å². The van der Waals surface area contributed by atoms with E-state index in [1.54, 1.807) is 0 Å². The van der Waals surface area contributed by atoms with Crippen LogP contribution in [0.25, 0.3) is 55.4 Å². The molecule has 29 heavy (non-hydrogen) atoms. The second kappa shape index (κ2) is 6.28. The maximum Gasteiger partial charge on any atom is 0.162 e. The molecule has 0 amide bonds. The van der Waals surface area contributed by atoms with E-state index in [2.05, 4.69) is 65.6 Å². The molecule has 6 rings (SSSR count). The highest BCUT2D eigenvalue weighted by Gasteiger charge is 2.17. The van der Waals surface area contributed by atoms with Crippen LogP contribution >= 0.6 is 0 Å². The van der Waals surface area contributed by atoms with E-state index in [4.69, 9.17) is 9.97 Å². The highest BCUT2D eigenvalue weighted by atomic mass is 15.0. The molecule has 2 heterocycles. The smallest absolute Gasteiger partial charge is 0.162 e. The molecule has 136 valence electrons. The molecule has 1 N–H and O–H groups in total. The number of hydrogen-bond donors (Lipinski definition) is 1. The normalized spacial score (nSPS) is 11.4. The summed E-state index contributed by atoms with van der Waals surface area (Å²) in [6.45, 7) is 0. The summed E-state index contributed by atoms with van der Waals surface area (Å²) in [4.78, 5) is 13.5. The van der Waals surface area contributed by atoms with Gasteiger partial charge in [0.25, 0.3) is 0 Å². The Morgan fingerprint density at radius 1 is 0.552 bits per heavy atom. The Balaban J connectivity index is 1.80. The molecule has 3 nitrogen and oxygen atoms in total. The van der Waals surface area contributed by atoms with E-state index < -0.39 is 0 Å². The average Bonchev–Trinajstić information content (AvgIpc) is 3.19. The highest BCUT2D eigenvalue weighted by Crippen LogP contribution is 2.37. The van der Waals surface area contributed by atoms with Gasteiger partial charge in [-0.05, 0) is 16.8 Å². The minimum Gasteiger partial charge on any atom is -0.339 e. The Bertz CT molecular complexity index is 1480. The lowest BCUT2D eigenvalue weighted by Crippen LogP contribution is -1.94. The molecule has 0 aliphatic heterocycles. The molecule has 0 unspecified atom stereocenters. The van der Waals surface area contributed by atoms with E-state index in [1.807, 2.05) is 36.4 Å². The van der Waals surface area contributed by atoms with Gasteiger partial charge < -0.3 is 4.98 Å². The van der Waals surface area contributed by atoms with Gasteiger partial charge in [0.1, 0.15) is 5.65 Å². The van der Waals surface area contributed by atoms with Crippen LogP contribution in [-0.4, -0.2) is 15.0 Å². The van der Waals surface area contributed by atoms with Crippen molar-refractivity contribution in [3.05, 3.63) is 97.1 Å². The van der Waals surface area contributed by atoms with Crippen molar-refractivity contribution in [1.29, 1.82) is 0 Å². The molecule has 0 saturated carbocycles. The summed E-state index contributed by atoms with van der Waals surface area (Å²) in [5.74, 6) is 0.729. The third-order valence-electron chi connectivity index (χ3n) is 5.42. The monoisotopic (exact) mass is 371 g/mol. The molecular formula is C26H17N3. The van der Waals surface area contributed by atoms with Crippen molar-refractivity contribution in [1.82, 2.24) is 15.0 Å². The van der Waals surface area contributed by atoms with E-state index in [9.17, 15) is 0 Å². The van der Waals surface area contributed by atoms with Gasteiger partial charge in [-0.2, -0.15) is 0 Å². The Morgan fingerprint density at radius 2 is 1.24 bits per heavy atom. The first kappa shape index (κ1) is 16.0. The van der Waals surface area contributed by atoms with Gasteiger partial charge in [0.2, 0.25) is 0 Å². The predicted molar refractivity (Wildman–Crippen MR) is 120 cm³/mol. The Morgan fingerprint density at radius 3 is 2.03 bits per heavy atom. The zero-order valence-corrected chi connectivity index (χ0v) is 15.6. The van der Waals surface area contributed by atoms with E-state index in [1.165, 1.54) is 16.2 Å². The summed E-state index contributed by atoms with van der Waals surface area (Å²) in [7, 11) is 0. The lowest BCUT2D eigenvalue weighted by atomic mass is 10.0. The second-order valence-electron chi connectivity index (χ2n) is 7.19. The number of H-pyrrole nitrogens is 1. The highest BCUT2D eigenvalue weighted by molar-refractivity contribution is 6.22. The number of rotatable bonds is 2. The summed E-state index contributed by atoms with van der Waals surface area (Å²) < 4.78 is 0. The van der Waals surface area contributed by atoms with Gasteiger partial charge in [0, 0.05) is 22.0 Å². The number of hydrogen-bond acceptors (Lipinski definition) is 2. The zero-order chi connectivity index (χ0) is 19.2. The molecule has 0 saturated heterocycles. The molecule has 3 heteroatoms.